The molecule has 2 aromatic carbocycles. The molecule has 26 heavy (non-hydrogen) atoms. The van der Waals surface area contributed by atoms with Crippen LogP contribution in [-0.4, -0.2) is 23.4 Å². The maximum atomic E-state index is 12.6. The first kappa shape index (κ1) is 18.5. The number of aryl methyl sites for hydroxylation is 1. The Labute approximate surface area is 156 Å². The Bertz CT molecular complexity index is 772. The first-order valence-electron chi connectivity index (χ1n) is 9.50. The van der Waals surface area contributed by atoms with Gasteiger partial charge in [0.15, 0.2) is 0 Å². The van der Waals surface area contributed by atoms with Gasteiger partial charge in [-0.3, -0.25) is 9.69 Å². The van der Waals surface area contributed by atoms with Crippen molar-refractivity contribution in [3.63, 3.8) is 0 Å². The molecule has 3 N–H and O–H groups in total. The average Bonchev–Trinajstić information content (AvgIpc) is 2.64. The van der Waals surface area contributed by atoms with Crippen molar-refractivity contribution in [1.29, 1.82) is 0 Å². The van der Waals surface area contributed by atoms with Crippen molar-refractivity contribution in [3.05, 3.63) is 64.7 Å². The van der Waals surface area contributed by atoms with Crippen LogP contribution >= 0.6 is 0 Å². The van der Waals surface area contributed by atoms with Crippen LogP contribution in [0.1, 0.15) is 53.2 Å². The van der Waals surface area contributed by atoms with E-state index in [0.29, 0.717) is 23.8 Å². The lowest BCUT2D eigenvalue weighted by molar-refractivity contribution is 0.0950. The number of nitrogens with two attached hydrogens (primary N) is 1. The molecule has 0 radical (unpaired) electrons. The summed E-state index contributed by atoms with van der Waals surface area (Å²) in [5.41, 5.74) is 10.5. The quantitative estimate of drug-likeness (QED) is 0.804. The van der Waals surface area contributed by atoms with Gasteiger partial charge >= 0.3 is 0 Å². The van der Waals surface area contributed by atoms with Crippen LogP contribution in [0.25, 0.3) is 0 Å². The van der Waals surface area contributed by atoms with Crippen molar-refractivity contribution >= 4 is 11.6 Å². The van der Waals surface area contributed by atoms with Crippen molar-refractivity contribution in [1.82, 2.24) is 10.2 Å². The van der Waals surface area contributed by atoms with Gasteiger partial charge in [-0.2, -0.15) is 0 Å². The Kier molecular flexibility index (Phi) is 5.94. The summed E-state index contributed by atoms with van der Waals surface area (Å²) in [6.45, 7) is 6.88. The number of amides is 1. The molecule has 1 heterocycles. The third-order valence-corrected chi connectivity index (χ3v) is 5.38. The molecule has 1 saturated heterocycles. The van der Waals surface area contributed by atoms with Crippen molar-refractivity contribution in [3.8, 4) is 0 Å². The summed E-state index contributed by atoms with van der Waals surface area (Å²) < 4.78 is 0. The molecule has 0 spiro atoms. The number of carbonyl (C=O) groups excluding carboxylic acids is 1. The fraction of sp³-hybridized carbons (Fsp3) is 0.409. The van der Waals surface area contributed by atoms with E-state index in [1.54, 1.807) is 6.07 Å². The van der Waals surface area contributed by atoms with E-state index in [9.17, 15) is 4.79 Å². The van der Waals surface area contributed by atoms with Crippen LogP contribution < -0.4 is 11.1 Å². The Morgan fingerprint density at radius 3 is 2.73 bits per heavy atom. The summed E-state index contributed by atoms with van der Waals surface area (Å²) in [6, 6.07) is 14.5. The fourth-order valence-corrected chi connectivity index (χ4v) is 3.65. The number of rotatable bonds is 5. The van der Waals surface area contributed by atoms with Crippen LogP contribution in [0.15, 0.2) is 42.5 Å². The number of likely N-dealkylation sites (tertiary alicyclic amines) is 1. The molecule has 1 amide bonds. The summed E-state index contributed by atoms with van der Waals surface area (Å²) >= 11 is 0. The van der Waals surface area contributed by atoms with Gasteiger partial charge in [-0.05, 0) is 62.1 Å². The SMILES string of the molecule is Cc1ccc(N)cc1C(=O)NCc1ccccc1CN1CCCCC1C. The molecule has 1 atom stereocenters. The summed E-state index contributed by atoms with van der Waals surface area (Å²) in [4.78, 5) is 15.1. The molecule has 1 fully saturated rings. The van der Waals surface area contributed by atoms with Gasteiger partial charge in [0.2, 0.25) is 0 Å². The Hall–Kier alpha value is -2.33. The monoisotopic (exact) mass is 351 g/mol. The van der Waals surface area contributed by atoms with Gasteiger partial charge in [-0.15, -0.1) is 0 Å². The second-order valence-electron chi connectivity index (χ2n) is 7.34. The maximum absolute atomic E-state index is 12.6. The molecule has 1 aliphatic heterocycles. The van der Waals surface area contributed by atoms with E-state index in [0.717, 1.165) is 18.7 Å². The average molecular weight is 351 g/mol. The molecule has 2 aromatic rings. The van der Waals surface area contributed by atoms with Crippen molar-refractivity contribution in [2.24, 2.45) is 0 Å². The minimum Gasteiger partial charge on any atom is -0.399 e. The Morgan fingerprint density at radius 2 is 1.96 bits per heavy atom. The second kappa shape index (κ2) is 8.37. The number of hydrogen-bond acceptors (Lipinski definition) is 3. The Morgan fingerprint density at radius 1 is 1.19 bits per heavy atom. The number of piperidine rings is 1. The van der Waals surface area contributed by atoms with Crippen molar-refractivity contribution < 1.29 is 4.79 Å². The molecule has 4 nitrogen and oxygen atoms in total. The molecule has 0 aromatic heterocycles. The minimum atomic E-state index is -0.0732. The minimum absolute atomic E-state index is 0.0732. The van der Waals surface area contributed by atoms with E-state index in [-0.39, 0.29) is 5.91 Å². The number of anilines is 1. The molecule has 4 heteroatoms. The number of nitrogens with zero attached hydrogens (tertiary/aromatic N) is 1. The van der Waals surface area contributed by atoms with Crippen LogP contribution in [-0.2, 0) is 13.1 Å². The molecule has 1 unspecified atom stereocenters. The molecular weight excluding hydrogens is 322 g/mol. The van der Waals surface area contributed by atoms with Gasteiger partial charge in [-0.25, -0.2) is 0 Å². The third kappa shape index (κ3) is 4.44. The lowest BCUT2D eigenvalue weighted by Gasteiger charge is -2.33. The largest absolute Gasteiger partial charge is 0.399 e. The van der Waals surface area contributed by atoms with Crippen molar-refractivity contribution in [2.75, 3.05) is 12.3 Å². The first-order valence-corrected chi connectivity index (χ1v) is 9.50. The lowest BCUT2D eigenvalue weighted by Crippen LogP contribution is -2.37. The predicted octanol–water partition coefficient (Wildman–Crippen LogP) is 3.88. The maximum Gasteiger partial charge on any atom is 0.251 e. The van der Waals surface area contributed by atoms with Gasteiger partial charge < -0.3 is 11.1 Å². The highest BCUT2D eigenvalue weighted by atomic mass is 16.1. The zero-order valence-electron chi connectivity index (χ0n) is 15.8. The van der Waals surface area contributed by atoms with Gasteiger partial charge in [0.1, 0.15) is 0 Å². The number of carbonyl (C=O) groups is 1. The van der Waals surface area contributed by atoms with Crippen LogP contribution in [0.3, 0.4) is 0 Å². The topological polar surface area (TPSA) is 58.4 Å². The summed E-state index contributed by atoms with van der Waals surface area (Å²) in [6.07, 6.45) is 3.88. The zero-order valence-corrected chi connectivity index (χ0v) is 15.8. The highest BCUT2D eigenvalue weighted by molar-refractivity contribution is 5.96. The number of nitrogens with one attached hydrogen (secondary N) is 1. The Balaban J connectivity index is 1.68. The van der Waals surface area contributed by atoms with E-state index >= 15 is 0 Å². The van der Waals surface area contributed by atoms with E-state index in [1.165, 1.54) is 30.4 Å². The highest BCUT2D eigenvalue weighted by Gasteiger charge is 2.19. The standard InChI is InChI=1S/C22H29N3O/c1-16-10-11-20(23)13-21(16)22(26)24-14-18-8-3-4-9-19(18)15-25-12-6-5-7-17(25)2/h3-4,8-11,13,17H,5-7,12,14-15,23H2,1-2H3,(H,24,26). The molecule has 3 rings (SSSR count). The van der Waals surface area contributed by atoms with Crippen molar-refractivity contribution in [2.45, 2.75) is 52.2 Å². The molecular formula is C22H29N3O. The van der Waals surface area contributed by atoms with E-state index in [4.69, 9.17) is 5.73 Å². The summed E-state index contributed by atoms with van der Waals surface area (Å²) in [5.74, 6) is -0.0732. The van der Waals surface area contributed by atoms with E-state index in [2.05, 4.69) is 35.3 Å². The fourth-order valence-electron chi connectivity index (χ4n) is 3.65. The number of hydrogen-bond donors (Lipinski definition) is 2. The first-order chi connectivity index (χ1) is 12.5. The van der Waals surface area contributed by atoms with Crippen LogP contribution in [0.4, 0.5) is 5.69 Å². The molecule has 1 aliphatic rings. The van der Waals surface area contributed by atoms with Gasteiger partial charge in [0, 0.05) is 30.4 Å². The van der Waals surface area contributed by atoms with E-state index in [1.807, 2.05) is 25.1 Å². The van der Waals surface area contributed by atoms with Gasteiger partial charge in [0.05, 0.1) is 0 Å². The van der Waals surface area contributed by atoms with Gasteiger partial charge in [0.25, 0.3) is 5.91 Å². The summed E-state index contributed by atoms with van der Waals surface area (Å²) in [7, 11) is 0. The summed E-state index contributed by atoms with van der Waals surface area (Å²) in [5, 5.41) is 3.06. The molecule has 138 valence electrons. The second-order valence-corrected chi connectivity index (χ2v) is 7.34. The molecule has 0 aliphatic carbocycles. The third-order valence-electron chi connectivity index (χ3n) is 5.38. The number of nitrogen functional groups attached to an aromatic ring is 1. The molecule has 0 bridgehead atoms. The number of benzene rings is 2. The molecule has 0 saturated carbocycles. The van der Waals surface area contributed by atoms with Gasteiger partial charge in [-0.1, -0.05) is 36.8 Å². The van der Waals surface area contributed by atoms with Crippen LogP contribution in [0, 0.1) is 6.92 Å². The van der Waals surface area contributed by atoms with Crippen LogP contribution in [0.2, 0.25) is 0 Å². The highest BCUT2D eigenvalue weighted by Crippen LogP contribution is 2.21. The lowest BCUT2D eigenvalue weighted by atomic mass is 10.0. The predicted molar refractivity (Wildman–Crippen MR) is 107 cm³/mol. The zero-order chi connectivity index (χ0) is 18.5. The van der Waals surface area contributed by atoms with Crippen LogP contribution in [0.5, 0.6) is 0 Å². The smallest absolute Gasteiger partial charge is 0.251 e. The van der Waals surface area contributed by atoms with E-state index < -0.39 is 0 Å². The normalized spacial score (nSPS) is 17.8.